The lowest BCUT2D eigenvalue weighted by atomic mass is 10.1. The van der Waals surface area contributed by atoms with Gasteiger partial charge in [-0.15, -0.1) is 0 Å². The van der Waals surface area contributed by atoms with Crippen LogP contribution in [0.1, 0.15) is 35.0 Å². The molecule has 0 unspecified atom stereocenters. The largest absolute Gasteiger partial charge is 0.385 e. The van der Waals surface area contributed by atoms with Crippen LogP contribution in [0.25, 0.3) is 0 Å². The molecule has 0 bridgehead atoms. The standard InChI is InChI=1S/C15H19N3O2/c1-4-7-16-12-5-6-13(10(2)8-12)15(19)17-14-9-11(3)18-20-14/h5-6,8-9,16H,4,7H2,1-3H3,(H,17,19). The molecule has 1 aromatic heterocycles. The van der Waals surface area contributed by atoms with Crippen LogP contribution in [-0.4, -0.2) is 17.6 Å². The molecule has 0 aliphatic carbocycles. The second-order valence-corrected chi connectivity index (χ2v) is 4.74. The molecule has 5 heteroatoms. The van der Waals surface area contributed by atoms with E-state index in [1.54, 1.807) is 13.0 Å². The van der Waals surface area contributed by atoms with Gasteiger partial charge in [-0.25, -0.2) is 0 Å². The maximum atomic E-state index is 12.2. The van der Waals surface area contributed by atoms with E-state index in [-0.39, 0.29) is 5.91 Å². The van der Waals surface area contributed by atoms with Gasteiger partial charge in [-0.05, 0) is 44.0 Å². The Morgan fingerprint density at radius 3 is 2.70 bits per heavy atom. The molecule has 0 radical (unpaired) electrons. The number of rotatable bonds is 5. The van der Waals surface area contributed by atoms with Crippen molar-refractivity contribution in [1.82, 2.24) is 5.16 Å². The monoisotopic (exact) mass is 273 g/mol. The quantitative estimate of drug-likeness (QED) is 0.876. The predicted molar refractivity (Wildman–Crippen MR) is 79.2 cm³/mol. The summed E-state index contributed by atoms with van der Waals surface area (Å²) in [5.41, 5.74) is 3.30. The highest BCUT2D eigenvalue weighted by Crippen LogP contribution is 2.17. The van der Waals surface area contributed by atoms with Crippen LogP contribution in [0.3, 0.4) is 0 Å². The number of nitrogens with one attached hydrogen (secondary N) is 2. The summed E-state index contributed by atoms with van der Waals surface area (Å²) in [6, 6.07) is 7.37. The number of hydrogen-bond acceptors (Lipinski definition) is 4. The number of amides is 1. The van der Waals surface area contributed by atoms with Gasteiger partial charge in [0.25, 0.3) is 5.91 Å². The first kappa shape index (κ1) is 14.1. The highest BCUT2D eigenvalue weighted by atomic mass is 16.5. The Kier molecular flexibility index (Phi) is 4.40. The summed E-state index contributed by atoms with van der Waals surface area (Å²) in [5, 5.41) is 9.72. The molecule has 0 saturated heterocycles. The van der Waals surface area contributed by atoms with E-state index in [0.717, 1.165) is 29.9 Å². The van der Waals surface area contributed by atoms with E-state index in [1.807, 2.05) is 25.1 Å². The van der Waals surface area contributed by atoms with Gasteiger partial charge in [0.1, 0.15) is 0 Å². The van der Waals surface area contributed by atoms with Crippen molar-refractivity contribution in [3.8, 4) is 0 Å². The van der Waals surface area contributed by atoms with Crippen LogP contribution in [0.5, 0.6) is 0 Å². The van der Waals surface area contributed by atoms with E-state index >= 15 is 0 Å². The smallest absolute Gasteiger partial charge is 0.258 e. The van der Waals surface area contributed by atoms with E-state index in [0.29, 0.717) is 11.4 Å². The molecular formula is C15H19N3O2. The van der Waals surface area contributed by atoms with Gasteiger partial charge in [-0.1, -0.05) is 12.1 Å². The van der Waals surface area contributed by atoms with Crippen LogP contribution < -0.4 is 10.6 Å². The molecule has 0 spiro atoms. The molecule has 2 N–H and O–H groups in total. The zero-order valence-corrected chi connectivity index (χ0v) is 12.0. The van der Waals surface area contributed by atoms with Crippen LogP contribution in [0.4, 0.5) is 11.6 Å². The predicted octanol–water partition coefficient (Wildman–Crippen LogP) is 3.37. The van der Waals surface area contributed by atoms with Crippen molar-refractivity contribution in [2.24, 2.45) is 0 Å². The van der Waals surface area contributed by atoms with Gasteiger partial charge in [0.05, 0.1) is 5.69 Å². The zero-order chi connectivity index (χ0) is 14.5. The molecule has 1 heterocycles. The van der Waals surface area contributed by atoms with E-state index in [2.05, 4.69) is 22.7 Å². The second-order valence-electron chi connectivity index (χ2n) is 4.74. The van der Waals surface area contributed by atoms with Crippen molar-refractivity contribution in [2.75, 3.05) is 17.2 Å². The molecule has 0 saturated carbocycles. The van der Waals surface area contributed by atoms with Crippen molar-refractivity contribution in [3.05, 3.63) is 41.1 Å². The number of aromatic nitrogens is 1. The minimum atomic E-state index is -0.194. The summed E-state index contributed by atoms with van der Waals surface area (Å²) in [5.74, 6) is 0.167. The summed E-state index contributed by atoms with van der Waals surface area (Å²) in [7, 11) is 0. The number of anilines is 2. The number of hydrogen-bond donors (Lipinski definition) is 2. The van der Waals surface area contributed by atoms with Gasteiger partial charge in [0.15, 0.2) is 0 Å². The number of aryl methyl sites for hydroxylation is 2. The number of benzene rings is 1. The fourth-order valence-electron chi connectivity index (χ4n) is 1.90. The van der Waals surface area contributed by atoms with Gasteiger partial charge >= 0.3 is 0 Å². The molecule has 0 fully saturated rings. The number of nitrogens with zero attached hydrogens (tertiary/aromatic N) is 1. The normalized spacial score (nSPS) is 10.3. The average molecular weight is 273 g/mol. The van der Waals surface area contributed by atoms with Crippen LogP contribution in [-0.2, 0) is 0 Å². The molecule has 2 aromatic rings. The summed E-state index contributed by atoms with van der Waals surface area (Å²) < 4.78 is 4.98. The van der Waals surface area contributed by atoms with Gasteiger partial charge in [-0.3, -0.25) is 10.1 Å². The van der Waals surface area contributed by atoms with Crippen LogP contribution in [0.15, 0.2) is 28.8 Å². The first-order valence-electron chi connectivity index (χ1n) is 6.69. The molecule has 1 amide bonds. The van der Waals surface area contributed by atoms with E-state index in [9.17, 15) is 4.79 Å². The van der Waals surface area contributed by atoms with Crippen molar-refractivity contribution >= 4 is 17.5 Å². The van der Waals surface area contributed by atoms with Crippen molar-refractivity contribution < 1.29 is 9.32 Å². The second kappa shape index (κ2) is 6.23. The molecule has 5 nitrogen and oxygen atoms in total. The topological polar surface area (TPSA) is 67.2 Å². The number of carbonyl (C=O) groups is 1. The van der Waals surface area contributed by atoms with Gasteiger partial charge in [0, 0.05) is 23.9 Å². The van der Waals surface area contributed by atoms with Gasteiger partial charge in [0.2, 0.25) is 5.88 Å². The first-order valence-corrected chi connectivity index (χ1v) is 6.69. The molecule has 0 aliphatic rings. The highest BCUT2D eigenvalue weighted by molar-refractivity contribution is 6.04. The molecule has 0 aliphatic heterocycles. The fourth-order valence-corrected chi connectivity index (χ4v) is 1.90. The third-order valence-electron chi connectivity index (χ3n) is 2.91. The summed E-state index contributed by atoms with van der Waals surface area (Å²) in [6.45, 7) is 6.75. The van der Waals surface area contributed by atoms with E-state index in [1.165, 1.54) is 0 Å². The lowest BCUT2D eigenvalue weighted by molar-refractivity contribution is 0.102. The van der Waals surface area contributed by atoms with E-state index < -0.39 is 0 Å². The molecule has 2 rings (SSSR count). The Labute approximate surface area is 118 Å². The summed E-state index contributed by atoms with van der Waals surface area (Å²) >= 11 is 0. The third-order valence-corrected chi connectivity index (χ3v) is 2.91. The summed E-state index contributed by atoms with van der Waals surface area (Å²) in [4.78, 5) is 12.2. The van der Waals surface area contributed by atoms with Crippen LogP contribution in [0, 0.1) is 13.8 Å². The maximum Gasteiger partial charge on any atom is 0.258 e. The Morgan fingerprint density at radius 2 is 2.10 bits per heavy atom. The third kappa shape index (κ3) is 3.38. The lowest BCUT2D eigenvalue weighted by Crippen LogP contribution is -2.13. The SMILES string of the molecule is CCCNc1ccc(C(=O)Nc2cc(C)no2)c(C)c1. The van der Waals surface area contributed by atoms with Crippen LogP contribution in [0.2, 0.25) is 0 Å². The zero-order valence-electron chi connectivity index (χ0n) is 12.0. The van der Waals surface area contributed by atoms with Crippen molar-refractivity contribution in [3.63, 3.8) is 0 Å². The van der Waals surface area contributed by atoms with Crippen molar-refractivity contribution in [2.45, 2.75) is 27.2 Å². The summed E-state index contributed by atoms with van der Waals surface area (Å²) in [6.07, 6.45) is 1.06. The lowest BCUT2D eigenvalue weighted by Gasteiger charge is -2.09. The molecular weight excluding hydrogens is 254 g/mol. The van der Waals surface area contributed by atoms with Gasteiger partial charge in [-0.2, -0.15) is 0 Å². The van der Waals surface area contributed by atoms with Crippen LogP contribution >= 0.6 is 0 Å². The van der Waals surface area contributed by atoms with Crippen molar-refractivity contribution in [1.29, 1.82) is 0 Å². The molecule has 20 heavy (non-hydrogen) atoms. The average Bonchev–Trinajstić information content (AvgIpc) is 2.81. The molecule has 0 atom stereocenters. The number of carbonyl (C=O) groups excluding carboxylic acids is 1. The highest BCUT2D eigenvalue weighted by Gasteiger charge is 2.12. The minimum Gasteiger partial charge on any atom is -0.385 e. The molecule has 1 aromatic carbocycles. The Bertz CT molecular complexity index is 605. The molecule has 106 valence electrons. The maximum absolute atomic E-state index is 12.2. The Morgan fingerprint density at radius 1 is 1.30 bits per heavy atom. The van der Waals surface area contributed by atoms with Gasteiger partial charge < -0.3 is 9.84 Å². The first-order chi connectivity index (χ1) is 9.60. The van der Waals surface area contributed by atoms with E-state index in [4.69, 9.17) is 4.52 Å². The Balaban J connectivity index is 2.09. The Hall–Kier alpha value is -2.30. The minimum absolute atomic E-state index is 0.194. The fraction of sp³-hybridized carbons (Fsp3) is 0.333.